The standard InChI is InChI=1S/C12H19ClN2O2S/c1-12(2,3)17-11(16)15-6-9(14)4-8-5-10(13)18-7-8/h5,7,9H,4,6,14H2,1-3H3,(H,15,16). The number of thiophene rings is 1. The maximum Gasteiger partial charge on any atom is 0.407 e. The molecule has 4 nitrogen and oxygen atoms in total. The topological polar surface area (TPSA) is 64.3 Å². The summed E-state index contributed by atoms with van der Waals surface area (Å²) in [5.41, 5.74) is 6.51. The van der Waals surface area contributed by atoms with Crippen molar-refractivity contribution < 1.29 is 9.53 Å². The molecule has 18 heavy (non-hydrogen) atoms. The summed E-state index contributed by atoms with van der Waals surface area (Å²) in [6.45, 7) is 5.84. The van der Waals surface area contributed by atoms with E-state index >= 15 is 0 Å². The fraction of sp³-hybridized carbons (Fsp3) is 0.583. The summed E-state index contributed by atoms with van der Waals surface area (Å²) < 4.78 is 5.87. The monoisotopic (exact) mass is 290 g/mol. The van der Waals surface area contributed by atoms with Gasteiger partial charge in [0.25, 0.3) is 0 Å². The minimum Gasteiger partial charge on any atom is -0.444 e. The average molecular weight is 291 g/mol. The van der Waals surface area contributed by atoms with Crippen LogP contribution >= 0.6 is 22.9 Å². The van der Waals surface area contributed by atoms with Gasteiger partial charge < -0.3 is 15.8 Å². The fourth-order valence-corrected chi connectivity index (χ4v) is 2.28. The molecule has 0 saturated heterocycles. The highest BCUT2D eigenvalue weighted by atomic mass is 35.5. The van der Waals surface area contributed by atoms with Gasteiger partial charge in [-0.05, 0) is 44.2 Å². The summed E-state index contributed by atoms with van der Waals surface area (Å²) in [4.78, 5) is 11.4. The van der Waals surface area contributed by atoms with Crippen molar-refractivity contribution in [2.75, 3.05) is 6.54 Å². The first-order valence-electron chi connectivity index (χ1n) is 5.71. The number of hydrogen-bond acceptors (Lipinski definition) is 4. The predicted octanol–water partition coefficient (Wildman–Crippen LogP) is 2.80. The molecule has 6 heteroatoms. The zero-order valence-electron chi connectivity index (χ0n) is 10.8. The smallest absolute Gasteiger partial charge is 0.407 e. The van der Waals surface area contributed by atoms with E-state index in [1.165, 1.54) is 11.3 Å². The maximum absolute atomic E-state index is 11.4. The van der Waals surface area contributed by atoms with Crippen molar-refractivity contribution in [1.29, 1.82) is 0 Å². The summed E-state index contributed by atoms with van der Waals surface area (Å²) >= 11 is 7.31. The van der Waals surface area contributed by atoms with E-state index in [1.807, 2.05) is 32.2 Å². The largest absolute Gasteiger partial charge is 0.444 e. The van der Waals surface area contributed by atoms with Gasteiger partial charge in [0, 0.05) is 12.6 Å². The summed E-state index contributed by atoms with van der Waals surface area (Å²) in [6.07, 6.45) is 0.236. The molecule has 0 bridgehead atoms. The quantitative estimate of drug-likeness (QED) is 0.896. The molecule has 0 aliphatic carbocycles. The van der Waals surface area contributed by atoms with E-state index in [0.717, 1.165) is 9.90 Å². The molecule has 0 saturated carbocycles. The SMILES string of the molecule is CC(C)(C)OC(=O)NCC(N)Cc1csc(Cl)c1. The molecule has 1 aromatic heterocycles. The molecule has 1 unspecified atom stereocenters. The van der Waals surface area contributed by atoms with Crippen LogP contribution in [-0.2, 0) is 11.2 Å². The van der Waals surface area contributed by atoms with Crippen molar-refractivity contribution in [3.63, 3.8) is 0 Å². The Hall–Kier alpha value is -0.780. The van der Waals surface area contributed by atoms with Gasteiger partial charge in [-0.15, -0.1) is 11.3 Å². The molecule has 1 amide bonds. The number of ether oxygens (including phenoxy) is 1. The second-order valence-corrected chi connectivity index (χ2v) is 6.65. The van der Waals surface area contributed by atoms with Crippen LogP contribution in [0, 0.1) is 0 Å². The van der Waals surface area contributed by atoms with Gasteiger partial charge in [0.05, 0.1) is 4.34 Å². The molecule has 0 aliphatic heterocycles. The van der Waals surface area contributed by atoms with Gasteiger partial charge in [-0.2, -0.15) is 0 Å². The second-order valence-electron chi connectivity index (χ2n) is 5.11. The van der Waals surface area contributed by atoms with Crippen molar-refractivity contribution in [2.24, 2.45) is 5.73 Å². The van der Waals surface area contributed by atoms with Crippen molar-refractivity contribution in [3.05, 3.63) is 21.3 Å². The molecule has 0 aliphatic rings. The molecule has 1 rings (SSSR count). The summed E-state index contributed by atoms with van der Waals surface area (Å²) in [5, 5.41) is 4.62. The van der Waals surface area contributed by atoms with Crippen LogP contribution < -0.4 is 11.1 Å². The Morgan fingerprint density at radius 3 is 2.78 bits per heavy atom. The number of alkyl carbamates (subject to hydrolysis) is 1. The third kappa shape index (κ3) is 6.23. The first-order chi connectivity index (χ1) is 8.26. The molecule has 1 heterocycles. The number of carbonyl (C=O) groups excluding carboxylic acids is 1. The molecule has 3 N–H and O–H groups in total. The fourth-order valence-electron chi connectivity index (χ4n) is 1.36. The molecule has 102 valence electrons. The average Bonchev–Trinajstić information content (AvgIpc) is 2.58. The predicted molar refractivity (Wildman–Crippen MR) is 75.2 cm³/mol. The number of rotatable bonds is 4. The number of nitrogens with two attached hydrogens (primary N) is 1. The van der Waals surface area contributed by atoms with Crippen LogP contribution in [-0.4, -0.2) is 24.3 Å². The van der Waals surface area contributed by atoms with Crippen LogP contribution in [0.3, 0.4) is 0 Å². The Bertz CT molecular complexity index is 401. The Labute approximate surface area is 116 Å². The van der Waals surface area contributed by atoms with Gasteiger partial charge in [-0.3, -0.25) is 0 Å². The zero-order valence-corrected chi connectivity index (χ0v) is 12.4. The van der Waals surface area contributed by atoms with Crippen molar-refractivity contribution >= 4 is 29.0 Å². The van der Waals surface area contributed by atoms with Crippen LogP contribution in [0.1, 0.15) is 26.3 Å². The number of carbonyl (C=O) groups is 1. The van der Waals surface area contributed by atoms with Crippen LogP contribution in [0.2, 0.25) is 4.34 Å². The third-order valence-corrected chi connectivity index (χ3v) is 3.17. The number of halogens is 1. The first kappa shape index (κ1) is 15.3. The van der Waals surface area contributed by atoms with Crippen LogP contribution in [0.15, 0.2) is 11.4 Å². The van der Waals surface area contributed by atoms with Crippen LogP contribution in [0.4, 0.5) is 4.79 Å². The van der Waals surface area contributed by atoms with E-state index in [0.29, 0.717) is 13.0 Å². The lowest BCUT2D eigenvalue weighted by atomic mass is 10.1. The second kappa shape index (κ2) is 6.41. The Morgan fingerprint density at radius 2 is 2.28 bits per heavy atom. The molecule has 0 fully saturated rings. The summed E-state index contributed by atoms with van der Waals surface area (Å²) in [6, 6.07) is 1.74. The van der Waals surface area contributed by atoms with Gasteiger partial charge in [0.15, 0.2) is 0 Å². The third-order valence-electron chi connectivity index (χ3n) is 2.03. The number of amides is 1. The summed E-state index contributed by atoms with van der Waals surface area (Å²) in [7, 11) is 0. The lowest BCUT2D eigenvalue weighted by Crippen LogP contribution is -2.41. The molecule has 0 radical (unpaired) electrons. The van der Waals surface area contributed by atoms with E-state index in [-0.39, 0.29) is 6.04 Å². The van der Waals surface area contributed by atoms with E-state index in [9.17, 15) is 4.79 Å². The molecule has 1 aromatic rings. The highest BCUT2D eigenvalue weighted by Gasteiger charge is 2.16. The Kier molecular flexibility index (Phi) is 5.44. The molecular weight excluding hydrogens is 272 g/mol. The molecule has 0 aromatic carbocycles. The number of nitrogens with one attached hydrogen (secondary N) is 1. The lowest BCUT2D eigenvalue weighted by molar-refractivity contribution is 0.0524. The maximum atomic E-state index is 11.4. The van der Waals surface area contributed by atoms with Crippen LogP contribution in [0.25, 0.3) is 0 Å². The van der Waals surface area contributed by atoms with Crippen LogP contribution in [0.5, 0.6) is 0 Å². The van der Waals surface area contributed by atoms with E-state index < -0.39 is 11.7 Å². The lowest BCUT2D eigenvalue weighted by Gasteiger charge is -2.20. The number of hydrogen-bond donors (Lipinski definition) is 2. The van der Waals surface area contributed by atoms with E-state index in [1.54, 1.807) is 0 Å². The molecule has 1 atom stereocenters. The normalized spacial score (nSPS) is 13.2. The zero-order chi connectivity index (χ0) is 13.8. The van der Waals surface area contributed by atoms with E-state index in [4.69, 9.17) is 22.1 Å². The van der Waals surface area contributed by atoms with Gasteiger partial charge in [-0.25, -0.2) is 4.79 Å². The van der Waals surface area contributed by atoms with Gasteiger partial charge in [0.1, 0.15) is 5.60 Å². The van der Waals surface area contributed by atoms with Gasteiger partial charge in [0.2, 0.25) is 0 Å². The van der Waals surface area contributed by atoms with Gasteiger partial charge in [-0.1, -0.05) is 11.6 Å². The first-order valence-corrected chi connectivity index (χ1v) is 6.97. The minimum absolute atomic E-state index is 0.150. The van der Waals surface area contributed by atoms with Crippen molar-refractivity contribution in [2.45, 2.75) is 38.8 Å². The Balaban J connectivity index is 2.29. The van der Waals surface area contributed by atoms with Crippen molar-refractivity contribution in [1.82, 2.24) is 5.32 Å². The van der Waals surface area contributed by atoms with Crippen molar-refractivity contribution in [3.8, 4) is 0 Å². The molecule has 0 spiro atoms. The summed E-state index contributed by atoms with van der Waals surface area (Å²) in [5.74, 6) is 0. The highest BCUT2D eigenvalue weighted by Crippen LogP contribution is 2.20. The highest BCUT2D eigenvalue weighted by molar-refractivity contribution is 7.14. The molecular formula is C12H19ClN2O2S. The Morgan fingerprint density at radius 1 is 1.61 bits per heavy atom. The minimum atomic E-state index is -0.491. The van der Waals surface area contributed by atoms with Gasteiger partial charge >= 0.3 is 6.09 Å². The van der Waals surface area contributed by atoms with E-state index in [2.05, 4.69) is 5.32 Å².